The Morgan fingerprint density at radius 3 is 2.48 bits per heavy atom. The van der Waals surface area contributed by atoms with Crippen molar-refractivity contribution < 1.29 is 9.53 Å². The number of thioether (sulfide) groups is 2. The molecule has 0 radical (unpaired) electrons. The summed E-state index contributed by atoms with van der Waals surface area (Å²) in [5.74, 6) is 0.691. The number of hydrogen-bond donors (Lipinski definition) is 1. The first kappa shape index (κ1) is 19.7. The molecule has 1 atom stereocenters. The molecule has 27 heavy (non-hydrogen) atoms. The normalized spacial score (nSPS) is 11.8. The first-order valence-electron chi connectivity index (χ1n) is 8.26. The highest BCUT2D eigenvalue weighted by Gasteiger charge is 2.17. The van der Waals surface area contributed by atoms with Crippen LogP contribution in [-0.2, 0) is 11.4 Å². The van der Waals surface area contributed by atoms with Crippen LogP contribution in [0.25, 0.3) is 0 Å². The van der Waals surface area contributed by atoms with Crippen LogP contribution >= 0.6 is 34.9 Å². The van der Waals surface area contributed by atoms with Gasteiger partial charge in [-0.05, 0) is 43.0 Å². The molecule has 2 aromatic carbocycles. The quantitative estimate of drug-likeness (QED) is 0.523. The Balaban J connectivity index is 1.50. The molecule has 3 aromatic rings. The molecule has 8 heteroatoms. The van der Waals surface area contributed by atoms with Gasteiger partial charge in [-0.25, -0.2) is 0 Å². The van der Waals surface area contributed by atoms with E-state index >= 15 is 0 Å². The summed E-state index contributed by atoms with van der Waals surface area (Å²) in [6, 6.07) is 17.4. The summed E-state index contributed by atoms with van der Waals surface area (Å²) in [6.07, 6.45) is 1.96. The molecule has 0 saturated carbocycles. The lowest BCUT2D eigenvalue weighted by atomic mass is 10.2. The topological polar surface area (TPSA) is 64.1 Å². The lowest BCUT2D eigenvalue weighted by Crippen LogP contribution is -2.22. The van der Waals surface area contributed by atoms with Gasteiger partial charge in [0, 0.05) is 5.69 Å². The zero-order valence-electron chi connectivity index (χ0n) is 14.9. The lowest BCUT2D eigenvalue weighted by Gasteiger charge is -2.11. The van der Waals surface area contributed by atoms with Gasteiger partial charge >= 0.3 is 0 Å². The summed E-state index contributed by atoms with van der Waals surface area (Å²) in [6.45, 7) is 2.37. The second kappa shape index (κ2) is 9.77. The first-order chi connectivity index (χ1) is 13.1. The predicted molar refractivity (Wildman–Crippen MR) is 113 cm³/mol. The van der Waals surface area contributed by atoms with Gasteiger partial charge in [-0.2, -0.15) is 0 Å². The van der Waals surface area contributed by atoms with Crippen LogP contribution in [-0.4, -0.2) is 27.6 Å². The molecule has 1 amide bonds. The maximum absolute atomic E-state index is 12.4. The number of rotatable bonds is 8. The molecule has 0 unspecified atom stereocenters. The van der Waals surface area contributed by atoms with Gasteiger partial charge in [-0.15, -0.1) is 10.2 Å². The third-order valence-electron chi connectivity index (χ3n) is 3.58. The van der Waals surface area contributed by atoms with Crippen molar-refractivity contribution in [2.75, 3.05) is 11.6 Å². The van der Waals surface area contributed by atoms with E-state index in [0.29, 0.717) is 6.61 Å². The summed E-state index contributed by atoms with van der Waals surface area (Å²) in [7, 11) is 0. The van der Waals surface area contributed by atoms with Crippen LogP contribution < -0.4 is 10.1 Å². The summed E-state index contributed by atoms with van der Waals surface area (Å²) in [5, 5.41) is 10.8. The molecule has 0 bridgehead atoms. The van der Waals surface area contributed by atoms with Gasteiger partial charge in [0.05, 0.1) is 5.25 Å². The smallest absolute Gasteiger partial charge is 0.237 e. The number of benzene rings is 2. The second-order valence-corrected chi connectivity index (χ2v) is 9.20. The Kier molecular flexibility index (Phi) is 7.14. The van der Waals surface area contributed by atoms with Crippen molar-refractivity contribution in [3.05, 3.63) is 60.2 Å². The summed E-state index contributed by atoms with van der Waals surface area (Å²) in [4.78, 5) is 12.4. The van der Waals surface area contributed by atoms with Crippen molar-refractivity contribution in [3.8, 4) is 5.75 Å². The predicted octanol–water partition coefficient (Wildman–Crippen LogP) is 4.96. The Hall–Kier alpha value is -2.03. The number of anilines is 1. The molecule has 1 aromatic heterocycles. The maximum Gasteiger partial charge on any atom is 0.237 e. The van der Waals surface area contributed by atoms with Gasteiger partial charge < -0.3 is 10.1 Å². The van der Waals surface area contributed by atoms with Crippen LogP contribution in [0.4, 0.5) is 5.69 Å². The largest absolute Gasteiger partial charge is 0.489 e. The van der Waals surface area contributed by atoms with E-state index in [1.54, 1.807) is 11.8 Å². The number of carbonyl (C=O) groups is 1. The lowest BCUT2D eigenvalue weighted by molar-refractivity contribution is -0.115. The van der Waals surface area contributed by atoms with Gasteiger partial charge in [0.25, 0.3) is 0 Å². The van der Waals surface area contributed by atoms with Gasteiger partial charge in [-0.3, -0.25) is 4.79 Å². The summed E-state index contributed by atoms with van der Waals surface area (Å²) in [5.41, 5.74) is 1.85. The Morgan fingerprint density at radius 2 is 1.81 bits per heavy atom. The summed E-state index contributed by atoms with van der Waals surface area (Å²) < 4.78 is 7.46. The van der Waals surface area contributed by atoms with Gasteiger partial charge in [-0.1, -0.05) is 65.2 Å². The average Bonchev–Trinajstić information content (AvgIpc) is 3.16. The number of aromatic nitrogens is 2. The number of ether oxygens (including phenoxy) is 1. The number of hydrogen-bond acceptors (Lipinski definition) is 7. The van der Waals surface area contributed by atoms with E-state index in [9.17, 15) is 4.79 Å². The molecular weight excluding hydrogens is 398 g/mol. The van der Waals surface area contributed by atoms with Crippen molar-refractivity contribution >= 4 is 46.5 Å². The van der Waals surface area contributed by atoms with Crippen LogP contribution in [0.1, 0.15) is 12.5 Å². The van der Waals surface area contributed by atoms with Crippen LogP contribution in [0.15, 0.2) is 63.3 Å². The molecule has 5 nitrogen and oxygen atoms in total. The average molecular weight is 418 g/mol. The van der Waals surface area contributed by atoms with E-state index in [0.717, 1.165) is 25.7 Å². The van der Waals surface area contributed by atoms with Gasteiger partial charge in [0.15, 0.2) is 8.68 Å². The fraction of sp³-hybridized carbons (Fsp3) is 0.211. The van der Waals surface area contributed by atoms with E-state index < -0.39 is 0 Å². The number of carbonyl (C=O) groups excluding carboxylic acids is 1. The maximum atomic E-state index is 12.4. The van der Waals surface area contributed by atoms with Crippen molar-refractivity contribution in [3.63, 3.8) is 0 Å². The van der Waals surface area contributed by atoms with Crippen molar-refractivity contribution in [1.29, 1.82) is 0 Å². The monoisotopic (exact) mass is 417 g/mol. The molecule has 140 valence electrons. The number of nitrogens with zero attached hydrogens (tertiary/aromatic N) is 2. The molecule has 0 aliphatic rings. The third-order valence-corrected chi connectivity index (χ3v) is 6.66. The molecule has 0 saturated heterocycles. The Labute approximate surface area is 170 Å². The van der Waals surface area contributed by atoms with Crippen molar-refractivity contribution in [2.24, 2.45) is 0 Å². The molecular formula is C19H19N3O2S3. The van der Waals surface area contributed by atoms with E-state index in [1.807, 2.05) is 67.8 Å². The zero-order valence-corrected chi connectivity index (χ0v) is 17.4. The van der Waals surface area contributed by atoms with Crippen LogP contribution in [0.2, 0.25) is 0 Å². The number of nitrogens with one attached hydrogen (secondary N) is 1. The third kappa shape index (κ3) is 5.98. The van der Waals surface area contributed by atoms with Gasteiger partial charge in [0.2, 0.25) is 5.91 Å². The summed E-state index contributed by atoms with van der Waals surface area (Å²) >= 11 is 4.46. The minimum Gasteiger partial charge on any atom is -0.489 e. The zero-order chi connectivity index (χ0) is 19.1. The van der Waals surface area contributed by atoms with Crippen molar-refractivity contribution in [1.82, 2.24) is 10.2 Å². The standard InChI is InChI=1S/C19H19N3O2S3/c1-13(26-19-22-21-18(25-2)27-19)17(23)20-15-8-10-16(11-9-15)24-12-14-6-4-3-5-7-14/h3-11,13H,12H2,1-2H3,(H,20,23)/t13-/m1/s1. The highest BCUT2D eigenvalue weighted by atomic mass is 32.2. The molecule has 3 rings (SSSR count). The SMILES string of the molecule is CSc1nnc(S[C@H](C)C(=O)Nc2ccc(OCc3ccccc3)cc2)s1. The van der Waals surface area contributed by atoms with E-state index in [-0.39, 0.29) is 11.2 Å². The Morgan fingerprint density at radius 1 is 1.11 bits per heavy atom. The minimum atomic E-state index is -0.262. The van der Waals surface area contributed by atoms with Crippen LogP contribution in [0.5, 0.6) is 5.75 Å². The van der Waals surface area contributed by atoms with Gasteiger partial charge in [0.1, 0.15) is 12.4 Å². The molecule has 0 fully saturated rings. The van der Waals surface area contributed by atoms with E-state index in [4.69, 9.17) is 4.74 Å². The highest BCUT2D eigenvalue weighted by molar-refractivity contribution is 8.03. The number of amides is 1. The first-order valence-corrected chi connectivity index (χ1v) is 11.2. The molecule has 1 N–H and O–H groups in total. The van der Waals surface area contributed by atoms with Crippen LogP contribution in [0, 0.1) is 0 Å². The molecule has 0 spiro atoms. The van der Waals surface area contributed by atoms with Crippen LogP contribution in [0.3, 0.4) is 0 Å². The fourth-order valence-corrected chi connectivity index (χ4v) is 4.73. The van der Waals surface area contributed by atoms with E-state index in [2.05, 4.69) is 15.5 Å². The van der Waals surface area contributed by atoms with E-state index in [1.165, 1.54) is 23.1 Å². The van der Waals surface area contributed by atoms with Crippen molar-refractivity contribution in [2.45, 2.75) is 27.5 Å². The second-order valence-electron chi connectivity index (χ2n) is 5.59. The Bertz CT molecular complexity index is 869. The molecule has 0 aliphatic carbocycles. The molecule has 0 aliphatic heterocycles. The highest BCUT2D eigenvalue weighted by Crippen LogP contribution is 2.30. The fourth-order valence-electron chi connectivity index (χ4n) is 2.15. The molecule has 1 heterocycles. The minimum absolute atomic E-state index is 0.0705.